The molecule has 1 amide bonds. The third-order valence-corrected chi connectivity index (χ3v) is 6.70. The van der Waals surface area contributed by atoms with Crippen molar-refractivity contribution in [1.82, 2.24) is 25.2 Å². The minimum Gasteiger partial charge on any atom is -0.365 e. The van der Waals surface area contributed by atoms with Crippen LogP contribution in [0.5, 0.6) is 0 Å². The highest BCUT2D eigenvalue weighted by molar-refractivity contribution is 5.79. The maximum Gasteiger partial charge on any atom is 0.223 e. The average Bonchev–Trinajstić information content (AvgIpc) is 3.11. The molecule has 1 N–H and O–H groups in total. The van der Waals surface area contributed by atoms with Gasteiger partial charge in [-0.2, -0.15) is 0 Å². The molecule has 2 fully saturated rings. The Morgan fingerprint density at radius 2 is 1.93 bits per heavy atom. The lowest BCUT2D eigenvalue weighted by Gasteiger charge is -2.34. The van der Waals surface area contributed by atoms with Crippen molar-refractivity contribution in [2.24, 2.45) is 5.92 Å². The van der Waals surface area contributed by atoms with E-state index in [1.54, 1.807) is 12.1 Å². The fourth-order valence-electron chi connectivity index (χ4n) is 4.50. The molecule has 30 heavy (non-hydrogen) atoms. The Hall–Kier alpha value is -2.32. The molecule has 1 saturated heterocycles. The van der Waals surface area contributed by atoms with Crippen molar-refractivity contribution in [3.8, 4) is 0 Å². The summed E-state index contributed by atoms with van der Waals surface area (Å²) in [5.41, 5.74) is 2.93. The topological polar surface area (TPSA) is 72.3 Å². The molecule has 3 heterocycles. The van der Waals surface area contributed by atoms with Crippen molar-refractivity contribution in [2.75, 3.05) is 13.1 Å². The van der Waals surface area contributed by atoms with E-state index in [9.17, 15) is 9.18 Å². The van der Waals surface area contributed by atoms with Crippen molar-refractivity contribution >= 4 is 5.91 Å². The first-order chi connectivity index (χ1) is 14.7. The van der Waals surface area contributed by atoms with Gasteiger partial charge >= 0.3 is 0 Å². The summed E-state index contributed by atoms with van der Waals surface area (Å²) in [5.74, 6) is 0.259. The Labute approximate surface area is 175 Å². The largest absolute Gasteiger partial charge is 0.365 e. The van der Waals surface area contributed by atoms with Crippen LogP contribution in [0.3, 0.4) is 0 Å². The monoisotopic (exact) mass is 413 g/mol. The van der Waals surface area contributed by atoms with Gasteiger partial charge in [0.25, 0.3) is 0 Å². The van der Waals surface area contributed by atoms with Crippen molar-refractivity contribution in [2.45, 2.75) is 63.9 Å². The summed E-state index contributed by atoms with van der Waals surface area (Å²) < 4.78 is 21.1. The maximum absolute atomic E-state index is 13.2. The quantitative estimate of drug-likeness (QED) is 0.816. The van der Waals surface area contributed by atoms with E-state index in [1.807, 2.05) is 4.68 Å². The van der Waals surface area contributed by atoms with Crippen LogP contribution in [0.1, 0.15) is 55.2 Å². The van der Waals surface area contributed by atoms with E-state index in [0.717, 1.165) is 62.3 Å². The van der Waals surface area contributed by atoms with E-state index in [0.29, 0.717) is 19.2 Å². The van der Waals surface area contributed by atoms with Gasteiger partial charge in [0, 0.05) is 31.6 Å². The zero-order valence-electron chi connectivity index (χ0n) is 17.1. The molecule has 0 unspecified atom stereocenters. The van der Waals surface area contributed by atoms with Crippen LogP contribution in [-0.2, 0) is 29.2 Å². The van der Waals surface area contributed by atoms with Crippen LogP contribution in [0.2, 0.25) is 0 Å². The number of carbonyl (C=O) groups excluding carboxylic acids is 1. The van der Waals surface area contributed by atoms with Crippen molar-refractivity contribution in [3.05, 3.63) is 47.0 Å². The van der Waals surface area contributed by atoms with Crippen molar-refractivity contribution < 1.29 is 13.9 Å². The summed E-state index contributed by atoms with van der Waals surface area (Å²) in [4.78, 5) is 14.5. The SMILES string of the molecule is O=C(NC1CCN(Cc2nnn3c2CO[C@H](c2ccc(F)cc2)C3)CC1)C1CCC1. The van der Waals surface area contributed by atoms with Gasteiger partial charge < -0.3 is 10.1 Å². The fourth-order valence-corrected chi connectivity index (χ4v) is 4.50. The minimum atomic E-state index is -0.246. The number of piperidine rings is 1. The first-order valence-corrected chi connectivity index (χ1v) is 11.0. The number of carbonyl (C=O) groups is 1. The van der Waals surface area contributed by atoms with Gasteiger partial charge in [-0.15, -0.1) is 5.10 Å². The average molecular weight is 413 g/mol. The molecule has 2 aliphatic heterocycles. The Bertz CT molecular complexity index is 887. The third-order valence-electron chi connectivity index (χ3n) is 6.70. The van der Waals surface area contributed by atoms with E-state index in [-0.39, 0.29) is 23.7 Å². The lowest BCUT2D eigenvalue weighted by atomic mass is 9.84. The van der Waals surface area contributed by atoms with Crippen LogP contribution in [0.25, 0.3) is 0 Å². The summed E-state index contributed by atoms with van der Waals surface area (Å²) in [7, 11) is 0. The minimum absolute atomic E-state index is 0.136. The molecule has 160 valence electrons. The van der Waals surface area contributed by atoms with Crippen LogP contribution in [0.15, 0.2) is 24.3 Å². The fraction of sp³-hybridized carbons (Fsp3) is 0.591. The number of likely N-dealkylation sites (tertiary alicyclic amines) is 1. The number of amides is 1. The van der Waals surface area contributed by atoms with E-state index in [4.69, 9.17) is 4.74 Å². The summed E-state index contributed by atoms with van der Waals surface area (Å²) in [6.07, 6.45) is 5.10. The molecule has 1 aromatic carbocycles. The maximum atomic E-state index is 13.2. The van der Waals surface area contributed by atoms with Crippen LogP contribution in [0.4, 0.5) is 4.39 Å². The highest BCUT2D eigenvalue weighted by atomic mass is 19.1. The summed E-state index contributed by atoms with van der Waals surface area (Å²) >= 11 is 0. The van der Waals surface area contributed by atoms with Crippen LogP contribution in [-0.4, -0.2) is 44.9 Å². The second-order valence-electron chi connectivity index (χ2n) is 8.70. The molecule has 5 rings (SSSR count). The predicted octanol–water partition coefficient (Wildman–Crippen LogP) is 2.57. The Kier molecular flexibility index (Phi) is 5.52. The standard InChI is InChI=1S/C22H28FN5O2/c23-17-6-4-15(5-7-17)21-13-28-20(14-30-21)19(25-26-28)12-27-10-8-18(9-11-27)24-22(29)16-2-1-3-16/h4-7,16,18,21H,1-3,8-14H2,(H,24,29)/t21-/m0/s1. The number of hydrogen-bond donors (Lipinski definition) is 1. The number of halogens is 1. The summed E-state index contributed by atoms with van der Waals surface area (Å²) in [6.45, 7) is 3.69. The first-order valence-electron chi connectivity index (χ1n) is 11.0. The lowest BCUT2D eigenvalue weighted by molar-refractivity contribution is -0.128. The number of fused-ring (bicyclic) bond motifs is 1. The normalized spacial score (nSPS) is 23.0. The second-order valence-corrected chi connectivity index (χ2v) is 8.70. The lowest BCUT2D eigenvalue weighted by Crippen LogP contribution is -2.47. The van der Waals surface area contributed by atoms with Crippen LogP contribution < -0.4 is 5.32 Å². The number of rotatable bonds is 5. The third kappa shape index (κ3) is 4.11. The first kappa shape index (κ1) is 19.6. The zero-order valence-corrected chi connectivity index (χ0v) is 17.1. The van der Waals surface area contributed by atoms with Gasteiger partial charge in [0.15, 0.2) is 0 Å². The molecular weight excluding hydrogens is 385 g/mol. The number of nitrogens with one attached hydrogen (secondary N) is 1. The van der Waals surface area contributed by atoms with Gasteiger partial charge in [0.1, 0.15) is 17.6 Å². The van der Waals surface area contributed by atoms with Crippen molar-refractivity contribution in [3.63, 3.8) is 0 Å². The van der Waals surface area contributed by atoms with Gasteiger partial charge in [-0.1, -0.05) is 23.8 Å². The van der Waals surface area contributed by atoms with Gasteiger partial charge in [-0.3, -0.25) is 9.69 Å². The second kappa shape index (κ2) is 8.43. The Balaban J connectivity index is 1.14. The summed E-state index contributed by atoms with van der Waals surface area (Å²) in [6, 6.07) is 6.73. The number of ether oxygens (including phenoxy) is 1. The van der Waals surface area contributed by atoms with Gasteiger partial charge in [-0.25, -0.2) is 9.07 Å². The number of nitrogens with zero attached hydrogens (tertiary/aromatic N) is 4. The molecule has 0 bridgehead atoms. The molecule has 3 aliphatic rings. The van der Waals surface area contributed by atoms with Crippen molar-refractivity contribution in [1.29, 1.82) is 0 Å². The predicted molar refractivity (Wildman–Crippen MR) is 108 cm³/mol. The molecule has 0 radical (unpaired) electrons. The molecule has 2 aromatic rings. The molecule has 0 spiro atoms. The molecule has 1 atom stereocenters. The van der Waals surface area contributed by atoms with Gasteiger partial charge in [-0.05, 0) is 43.4 Å². The number of aromatic nitrogens is 3. The van der Waals surface area contributed by atoms with Crippen LogP contribution in [0, 0.1) is 11.7 Å². The molecule has 8 heteroatoms. The Morgan fingerprint density at radius 3 is 2.63 bits per heavy atom. The number of hydrogen-bond acceptors (Lipinski definition) is 5. The molecule has 7 nitrogen and oxygen atoms in total. The van der Waals surface area contributed by atoms with Gasteiger partial charge in [0.05, 0.1) is 18.8 Å². The van der Waals surface area contributed by atoms with Gasteiger partial charge in [0.2, 0.25) is 5.91 Å². The van der Waals surface area contributed by atoms with E-state index in [1.165, 1.54) is 18.6 Å². The summed E-state index contributed by atoms with van der Waals surface area (Å²) in [5, 5.41) is 12.0. The molecule has 1 aliphatic carbocycles. The van der Waals surface area contributed by atoms with E-state index >= 15 is 0 Å². The molecule has 1 aromatic heterocycles. The highest BCUT2D eigenvalue weighted by Crippen LogP contribution is 2.28. The number of benzene rings is 1. The zero-order chi connectivity index (χ0) is 20.5. The molecular formula is C22H28FN5O2. The van der Waals surface area contributed by atoms with Crippen LogP contribution >= 0.6 is 0 Å². The van der Waals surface area contributed by atoms with E-state index < -0.39 is 0 Å². The van der Waals surface area contributed by atoms with E-state index in [2.05, 4.69) is 20.5 Å². The smallest absolute Gasteiger partial charge is 0.223 e. The highest BCUT2D eigenvalue weighted by Gasteiger charge is 2.30. The Morgan fingerprint density at radius 1 is 1.17 bits per heavy atom. The molecule has 1 saturated carbocycles.